The monoisotopic (exact) mass is 380 g/mol. The molecule has 0 radical (unpaired) electrons. The third-order valence-electron chi connectivity index (χ3n) is 3.66. The molecule has 142 valence electrons. The average Bonchev–Trinajstić information content (AvgIpc) is 2.65. The predicted octanol–water partition coefficient (Wildman–Crippen LogP) is 2.55. The van der Waals surface area contributed by atoms with Gasteiger partial charge in [-0.3, -0.25) is 9.59 Å². The third-order valence-corrected chi connectivity index (χ3v) is 3.66. The number of rotatable bonds is 5. The lowest BCUT2D eigenvalue weighted by molar-refractivity contribution is -0.119. The normalized spacial score (nSPS) is 10.3. The first kappa shape index (κ1) is 18.8. The fraction of sp³-hybridized carbons (Fsp3) is 0.100. The van der Waals surface area contributed by atoms with Crippen molar-refractivity contribution in [3.05, 3.63) is 70.6 Å². The number of hydrogen-bond donors (Lipinski definition) is 2. The highest BCUT2D eigenvalue weighted by Gasteiger charge is 2.16. The van der Waals surface area contributed by atoms with Crippen molar-refractivity contribution in [3.63, 3.8) is 0 Å². The van der Waals surface area contributed by atoms with Crippen molar-refractivity contribution in [1.82, 2.24) is 0 Å². The number of carbonyl (C=O) groups excluding carboxylic acids is 3. The van der Waals surface area contributed by atoms with Gasteiger partial charge in [0.05, 0.1) is 0 Å². The number of amides is 2. The van der Waals surface area contributed by atoms with Crippen LogP contribution in [0.3, 0.4) is 0 Å². The van der Waals surface area contributed by atoms with Crippen LogP contribution in [0.5, 0.6) is 0 Å². The number of para-hydroxylation sites is 1. The highest BCUT2D eigenvalue weighted by molar-refractivity contribution is 5.97. The molecule has 2 aromatic carbocycles. The molecule has 0 aliphatic rings. The Hall–Kier alpha value is -3.94. The van der Waals surface area contributed by atoms with Crippen molar-refractivity contribution in [2.75, 3.05) is 17.2 Å². The topological polar surface area (TPSA) is 115 Å². The van der Waals surface area contributed by atoms with Gasteiger partial charge in [0.2, 0.25) is 5.91 Å². The number of fused-ring (bicyclic) bond motifs is 1. The zero-order chi connectivity index (χ0) is 20.1. The van der Waals surface area contributed by atoms with Gasteiger partial charge in [-0.25, -0.2) is 9.59 Å². The van der Waals surface area contributed by atoms with Gasteiger partial charge in [-0.15, -0.1) is 0 Å². The van der Waals surface area contributed by atoms with Gasteiger partial charge in [-0.05, 0) is 30.3 Å². The van der Waals surface area contributed by atoms with E-state index in [1.807, 2.05) is 0 Å². The summed E-state index contributed by atoms with van der Waals surface area (Å²) in [5.41, 5.74) is 0.140. The van der Waals surface area contributed by atoms with Crippen molar-refractivity contribution >= 4 is 40.1 Å². The Bertz CT molecular complexity index is 1120. The maximum Gasteiger partial charge on any atom is 0.351 e. The van der Waals surface area contributed by atoms with E-state index in [0.717, 1.165) is 0 Å². The highest BCUT2D eigenvalue weighted by atomic mass is 16.5. The van der Waals surface area contributed by atoms with Crippen molar-refractivity contribution in [1.29, 1.82) is 0 Å². The maximum absolute atomic E-state index is 12.1. The van der Waals surface area contributed by atoms with Gasteiger partial charge in [0, 0.05) is 23.7 Å². The van der Waals surface area contributed by atoms with Gasteiger partial charge < -0.3 is 19.8 Å². The molecule has 2 amide bonds. The van der Waals surface area contributed by atoms with E-state index in [2.05, 4.69) is 10.6 Å². The third kappa shape index (κ3) is 4.61. The van der Waals surface area contributed by atoms with Crippen molar-refractivity contribution in [3.8, 4) is 0 Å². The number of hydrogen-bond acceptors (Lipinski definition) is 6. The van der Waals surface area contributed by atoms with Gasteiger partial charge >= 0.3 is 11.6 Å². The fourth-order valence-corrected chi connectivity index (χ4v) is 2.49. The summed E-state index contributed by atoms with van der Waals surface area (Å²) in [5, 5.41) is 5.69. The lowest BCUT2D eigenvalue weighted by atomic mass is 10.2. The predicted molar refractivity (Wildman–Crippen MR) is 102 cm³/mol. The highest BCUT2D eigenvalue weighted by Crippen LogP contribution is 2.15. The van der Waals surface area contributed by atoms with Crippen LogP contribution in [0.2, 0.25) is 0 Å². The van der Waals surface area contributed by atoms with Crippen LogP contribution in [-0.2, 0) is 14.3 Å². The molecule has 0 bridgehead atoms. The second-order valence-electron chi connectivity index (χ2n) is 5.87. The molecule has 0 unspecified atom stereocenters. The fourth-order valence-electron chi connectivity index (χ4n) is 2.49. The molecule has 0 saturated heterocycles. The average molecular weight is 380 g/mol. The molecule has 0 aliphatic carbocycles. The van der Waals surface area contributed by atoms with E-state index >= 15 is 0 Å². The first-order valence-electron chi connectivity index (χ1n) is 8.30. The molecule has 0 aliphatic heterocycles. The second-order valence-corrected chi connectivity index (χ2v) is 5.87. The standard InChI is InChI=1S/C20H16N2O6/c1-12(23)21-14-6-4-7-15(10-14)22-18(24)11-27-19(25)16-9-13-5-2-3-8-17(13)28-20(16)26/h2-10H,11H2,1H3,(H,21,23)(H,22,24). The van der Waals surface area contributed by atoms with E-state index in [1.54, 1.807) is 48.5 Å². The molecule has 2 N–H and O–H groups in total. The van der Waals surface area contributed by atoms with Gasteiger partial charge in [0.15, 0.2) is 6.61 Å². The number of carbonyl (C=O) groups is 3. The van der Waals surface area contributed by atoms with Crippen LogP contribution in [0, 0.1) is 0 Å². The molecule has 1 heterocycles. The van der Waals surface area contributed by atoms with Crippen LogP contribution >= 0.6 is 0 Å². The number of benzene rings is 2. The first-order chi connectivity index (χ1) is 13.4. The summed E-state index contributed by atoms with van der Waals surface area (Å²) in [7, 11) is 0. The summed E-state index contributed by atoms with van der Waals surface area (Å²) in [6, 6.07) is 14.6. The molecule has 3 rings (SSSR count). The summed E-state index contributed by atoms with van der Waals surface area (Å²) < 4.78 is 9.98. The molecule has 8 heteroatoms. The van der Waals surface area contributed by atoms with Crippen molar-refractivity contribution in [2.24, 2.45) is 0 Å². The van der Waals surface area contributed by atoms with Crippen LogP contribution in [0.25, 0.3) is 11.0 Å². The lowest BCUT2D eigenvalue weighted by Crippen LogP contribution is -2.23. The Labute approximate surface area is 159 Å². The summed E-state index contributed by atoms with van der Waals surface area (Å²) in [6.07, 6.45) is 0. The lowest BCUT2D eigenvalue weighted by Gasteiger charge is -2.08. The van der Waals surface area contributed by atoms with E-state index in [1.165, 1.54) is 13.0 Å². The Morgan fingerprint density at radius 1 is 0.964 bits per heavy atom. The Kier molecular flexibility index (Phi) is 5.50. The number of ether oxygens (including phenoxy) is 1. The number of esters is 1. The van der Waals surface area contributed by atoms with Gasteiger partial charge in [-0.2, -0.15) is 0 Å². The van der Waals surface area contributed by atoms with Crippen molar-refractivity contribution < 1.29 is 23.5 Å². The molecule has 28 heavy (non-hydrogen) atoms. The van der Waals surface area contributed by atoms with Gasteiger partial charge in [0.1, 0.15) is 11.1 Å². The van der Waals surface area contributed by atoms with Crippen LogP contribution < -0.4 is 16.3 Å². The quantitative estimate of drug-likeness (QED) is 0.519. The minimum Gasteiger partial charge on any atom is -0.452 e. The smallest absolute Gasteiger partial charge is 0.351 e. The van der Waals surface area contributed by atoms with Crippen LogP contribution in [-0.4, -0.2) is 24.4 Å². The Morgan fingerprint density at radius 3 is 2.43 bits per heavy atom. The van der Waals surface area contributed by atoms with E-state index in [-0.39, 0.29) is 11.5 Å². The van der Waals surface area contributed by atoms with Gasteiger partial charge in [0.25, 0.3) is 5.91 Å². The van der Waals surface area contributed by atoms with Gasteiger partial charge in [-0.1, -0.05) is 24.3 Å². The molecule has 0 fully saturated rings. The molecular weight excluding hydrogens is 364 g/mol. The molecule has 0 saturated carbocycles. The van der Waals surface area contributed by atoms with Crippen molar-refractivity contribution in [2.45, 2.75) is 6.92 Å². The van der Waals surface area contributed by atoms with E-state index in [9.17, 15) is 19.2 Å². The Morgan fingerprint density at radius 2 is 1.68 bits per heavy atom. The summed E-state index contributed by atoms with van der Waals surface area (Å²) in [5.74, 6) is -1.80. The Balaban J connectivity index is 1.63. The summed E-state index contributed by atoms with van der Waals surface area (Å²) in [4.78, 5) is 47.1. The zero-order valence-electron chi connectivity index (χ0n) is 14.9. The number of anilines is 2. The summed E-state index contributed by atoms with van der Waals surface area (Å²) in [6.45, 7) is 0.781. The molecule has 1 aromatic heterocycles. The minimum atomic E-state index is -0.957. The SMILES string of the molecule is CC(=O)Nc1cccc(NC(=O)COC(=O)c2cc3ccccc3oc2=O)c1. The second kappa shape index (κ2) is 8.17. The maximum atomic E-state index is 12.1. The van der Waals surface area contributed by atoms with E-state index < -0.39 is 24.1 Å². The first-order valence-corrected chi connectivity index (χ1v) is 8.30. The summed E-state index contributed by atoms with van der Waals surface area (Å²) >= 11 is 0. The van der Waals surface area contributed by atoms with Crippen LogP contribution in [0.4, 0.5) is 11.4 Å². The molecule has 3 aromatic rings. The zero-order valence-corrected chi connectivity index (χ0v) is 14.9. The molecule has 0 spiro atoms. The molecular formula is C20H16N2O6. The largest absolute Gasteiger partial charge is 0.452 e. The van der Waals surface area contributed by atoms with E-state index in [4.69, 9.17) is 9.15 Å². The molecule has 0 atom stereocenters. The minimum absolute atomic E-state index is 0.244. The van der Waals surface area contributed by atoms with E-state index in [0.29, 0.717) is 22.3 Å². The molecule has 8 nitrogen and oxygen atoms in total. The van der Waals surface area contributed by atoms with Crippen LogP contribution in [0.1, 0.15) is 17.3 Å². The van der Waals surface area contributed by atoms with Crippen LogP contribution in [0.15, 0.2) is 63.8 Å². The number of nitrogens with one attached hydrogen (secondary N) is 2.